The third-order valence-electron chi connectivity index (χ3n) is 1.79. The molecule has 0 radical (unpaired) electrons. The molecule has 12 heavy (non-hydrogen) atoms. The van der Waals surface area contributed by atoms with E-state index in [0.29, 0.717) is 5.28 Å². The summed E-state index contributed by atoms with van der Waals surface area (Å²) in [4.78, 5) is 4.17. The van der Waals surface area contributed by atoms with Crippen molar-refractivity contribution < 1.29 is 0 Å². The monoisotopic (exact) mass is 244 g/mol. The van der Waals surface area contributed by atoms with Gasteiger partial charge in [0, 0.05) is 11.5 Å². The van der Waals surface area contributed by atoms with Gasteiger partial charge in [0.25, 0.3) is 0 Å². The summed E-state index contributed by atoms with van der Waals surface area (Å²) in [6.07, 6.45) is 0. The Balaban J connectivity index is 2.87. The van der Waals surface area contributed by atoms with Crippen molar-refractivity contribution in [2.45, 2.75) is 0 Å². The van der Waals surface area contributed by atoms with Gasteiger partial charge in [0.1, 0.15) is 0 Å². The zero-order chi connectivity index (χ0) is 8.72. The van der Waals surface area contributed by atoms with Gasteiger partial charge in [0.15, 0.2) is 0 Å². The molecule has 2 rings (SSSR count). The number of aryl methyl sites for hydroxylation is 1. The van der Waals surface area contributed by atoms with E-state index in [0.717, 1.165) is 15.5 Å². The molecule has 0 atom stereocenters. The van der Waals surface area contributed by atoms with E-state index in [2.05, 4.69) is 20.9 Å². The molecule has 0 aliphatic heterocycles. The SMILES string of the molecule is Cn1c(Cl)nc2cc(Br)ccc21. The molecule has 0 spiro atoms. The number of nitrogens with zero attached hydrogens (tertiary/aromatic N) is 2. The van der Waals surface area contributed by atoms with E-state index < -0.39 is 0 Å². The van der Waals surface area contributed by atoms with Crippen LogP contribution in [-0.4, -0.2) is 9.55 Å². The lowest BCUT2D eigenvalue weighted by molar-refractivity contribution is 0.949. The van der Waals surface area contributed by atoms with Gasteiger partial charge in [-0.25, -0.2) is 4.98 Å². The fourth-order valence-corrected chi connectivity index (χ4v) is 1.67. The van der Waals surface area contributed by atoms with Crippen LogP contribution in [0.5, 0.6) is 0 Å². The number of fused-ring (bicyclic) bond motifs is 1. The van der Waals surface area contributed by atoms with Crippen molar-refractivity contribution in [2.75, 3.05) is 0 Å². The molecule has 0 N–H and O–H groups in total. The molecule has 1 heterocycles. The van der Waals surface area contributed by atoms with Crippen molar-refractivity contribution in [3.8, 4) is 0 Å². The van der Waals surface area contributed by atoms with Gasteiger partial charge in [-0.2, -0.15) is 0 Å². The molecule has 1 aromatic carbocycles. The summed E-state index contributed by atoms with van der Waals surface area (Å²) < 4.78 is 2.87. The molecule has 0 saturated heterocycles. The number of hydrogen-bond acceptors (Lipinski definition) is 1. The van der Waals surface area contributed by atoms with Crippen molar-refractivity contribution in [3.63, 3.8) is 0 Å². The second-order valence-corrected chi connectivity index (χ2v) is 3.83. The van der Waals surface area contributed by atoms with Crippen molar-refractivity contribution in [1.29, 1.82) is 0 Å². The lowest BCUT2D eigenvalue weighted by Gasteiger charge is -1.94. The van der Waals surface area contributed by atoms with Gasteiger partial charge in [0.2, 0.25) is 5.28 Å². The fraction of sp³-hybridized carbons (Fsp3) is 0.125. The topological polar surface area (TPSA) is 17.8 Å². The molecule has 4 heteroatoms. The predicted octanol–water partition coefficient (Wildman–Crippen LogP) is 2.99. The maximum absolute atomic E-state index is 5.84. The molecular weight excluding hydrogens is 239 g/mol. The Hall–Kier alpha value is -0.540. The Morgan fingerprint density at radius 1 is 1.50 bits per heavy atom. The number of rotatable bonds is 0. The minimum atomic E-state index is 0.517. The van der Waals surface area contributed by atoms with E-state index in [1.807, 2.05) is 29.8 Å². The number of halogens is 2. The maximum atomic E-state index is 5.84. The van der Waals surface area contributed by atoms with E-state index in [4.69, 9.17) is 11.6 Å². The van der Waals surface area contributed by atoms with E-state index in [9.17, 15) is 0 Å². The van der Waals surface area contributed by atoms with Crippen LogP contribution in [-0.2, 0) is 7.05 Å². The second-order valence-electron chi connectivity index (χ2n) is 2.57. The highest BCUT2D eigenvalue weighted by Gasteiger charge is 2.04. The van der Waals surface area contributed by atoms with Gasteiger partial charge in [0.05, 0.1) is 11.0 Å². The smallest absolute Gasteiger partial charge is 0.203 e. The molecular formula is C8H6BrClN2. The number of benzene rings is 1. The molecule has 0 amide bonds. The molecule has 0 unspecified atom stereocenters. The Morgan fingerprint density at radius 2 is 2.25 bits per heavy atom. The van der Waals surface area contributed by atoms with E-state index in [-0.39, 0.29) is 0 Å². The molecule has 0 fully saturated rings. The van der Waals surface area contributed by atoms with Crippen LogP contribution < -0.4 is 0 Å². The van der Waals surface area contributed by atoms with E-state index >= 15 is 0 Å². The highest BCUT2D eigenvalue weighted by Crippen LogP contribution is 2.21. The summed E-state index contributed by atoms with van der Waals surface area (Å²) >= 11 is 9.21. The van der Waals surface area contributed by atoms with Crippen LogP contribution >= 0.6 is 27.5 Å². The van der Waals surface area contributed by atoms with Gasteiger partial charge in [-0.1, -0.05) is 15.9 Å². The molecule has 0 aliphatic carbocycles. The quantitative estimate of drug-likeness (QED) is 0.698. The van der Waals surface area contributed by atoms with Crippen LogP contribution in [0, 0.1) is 0 Å². The van der Waals surface area contributed by atoms with Crippen LogP contribution in [0.1, 0.15) is 0 Å². The number of hydrogen-bond donors (Lipinski definition) is 0. The Morgan fingerprint density at radius 3 is 3.00 bits per heavy atom. The lowest BCUT2D eigenvalue weighted by atomic mass is 10.3. The summed E-state index contributed by atoms with van der Waals surface area (Å²) in [6, 6.07) is 5.90. The molecule has 0 saturated carbocycles. The summed E-state index contributed by atoms with van der Waals surface area (Å²) in [5.41, 5.74) is 1.96. The predicted molar refractivity (Wildman–Crippen MR) is 53.4 cm³/mol. The van der Waals surface area contributed by atoms with Crippen LogP contribution in [0.4, 0.5) is 0 Å². The summed E-state index contributed by atoms with van der Waals surface area (Å²) in [6.45, 7) is 0. The molecule has 62 valence electrons. The molecule has 2 nitrogen and oxygen atoms in total. The largest absolute Gasteiger partial charge is 0.318 e. The zero-order valence-corrected chi connectivity index (χ0v) is 8.72. The Bertz CT molecular complexity index is 436. The van der Waals surface area contributed by atoms with Gasteiger partial charge in [-0.15, -0.1) is 0 Å². The first kappa shape index (κ1) is 8.08. The maximum Gasteiger partial charge on any atom is 0.203 e. The first-order valence-corrected chi connectivity index (χ1v) is 4.63. The standard InChI is InChI=1S/C8H6BrClN2/c1-12-7-3-2-5(9)4-6(7)11-8(12)10/h2-4H,1H3. The van der Waals surface area contributed by atoms with Crippen molar-refractivity contribution in [3.05, 3.63) is 28.0 Å². The Kier molecular flexibility index (Phi) is 1.85. The highest BCUT2D eigenvalue weighted by molar-refractivity contribution is 9.10. The van der Waals surface area contributed by atoms with Crippen molar-refractivity contribution in [2.24, 2.45) is 7.05 Å². The van der Waals surface area contributed by atoms with Crippen LogP contribution in [0.3, 0.4) is 0 Å². The Labute approximate surface area is 83.3 Å². The minimum Gasteiger partial charge on any atom is -0.318 e. The van der Waals surface area contributed by atoms with Crippen molar-refractivity contribution in [1.82, 2.24) is 9.55 Å². The average Bonchev–Trinajstić information content (AvgIpc) is 2.28. The third kappa shape index (κ3) is 1.13. The molecule has 2 aromatic rings. The minimum absolute atomic E-state index is 0.517. The van der Waals surface area contributed by atoms with Gasteiger partial charge >= 0.3 is 0 Å². The summed E-state index contributed by atoms with van der Waals surface area (Å²) in [5, 5.41) is 0.517. The number of imidazole rings is 1. The van der Waals surface area contributed by atoms with E-state index in [1.165, 1.54) is 0 Å². The second kappa shape index (κ2) is 2.75. The molecule has 1 aromatic heterocycles. The first-order valence-electron chi connectivity index (χ1n) is 3.46. The van der Waals surface area contributed by atoms with Crippen molar-refractivity contribution >= 4 is 38.6 Å². The summed E-state index contributed by atoms with van der Waals surface area (Å²) in [5.74, 6) is 0. The van der Waals surface area contributed by atoms with Gasteiger partial charge in [-0.3, -0.25) is 0 Å². The van der Waals surface area contributed by atoms with E-state index in [1.54, 1.807) is 0 Å². The molecule has 0 bridgehead atoms. The average molecular weight is 246 g/mol. The number of aromatic nitrogens is 2. The summed E-state index contributed by atoms with van der Waals surface area (Å²) in [7, 11) is 1.89. The van der Waals surface area contributed by atoms with Gasteiger partial charge < -0.3 is 4.57 Å². The molecule has 0 aliphatic rings. The third-order valence-corrected chi connectivity index (χ3v) is 2.62. The highest BCUT2D eigenvalue weighted by atomic mass is 79.9. The van der Waals surface area contributed by atoms with Crippen LogP contribution in [0.2, 0.25) is 5.28 Å². The lowest BCUT2D eigenvalue weighted by Crippen LogP contribution is -1.85. The fourth-order valence-electron chi connectivity index (χ4n) is 1.14. The van der Waals surface area contributed by atoms with Crippen LogP contribution in [0.25, 0.3) is 11.0 Å². The zero-order valence-electron chi connectivity index (χ0n) is 6.38. The van der Waals surface area contributed by atoms with Crippen LogP contribution in [0.15, 0.2) is 22.7 Å². The first-order chi connectivity index (χ1) is 5.68. The normalized spacial score (nSPS) is 10.9. The van der Waals surface area contributed by atoms with Gasteiger partial charge in [-0.05, 0) is 29.8 Å².